The summed E-state index contributed by atoms with van der Waals surface area (Å²) < 4.78 is 2.07. The Hall–Kier alpha value is -7.23. The van der Waals surface area contributed by atoms with Gasteiger partial charge in [-0.1, -0.05) is 169 Å². The van der Waals surface area contributed by atoms with Crippen LogP contribution in [0.4, 0.5) is 17.1 Å². The number of nitrogens with zero attached hydrogens (tertiary/aromatic N) is 3. The lowest BCUT2D eigenvalue weighted by molar-refractivity contribution is 0.892. The Morgan fingerprint density at radius 3 is 1.31 bits per heavy atom. The quantitative estimate of drug-likeness (QED) is 0.149. The largest absolute Gasteiger partial charge is 0.311 e. The molecule has 0 saturated heterocycles. The third kappa shape index (κ3) is 6.88. The average molecular weight is 706 g/mol. The number of hydrogen-bond acceptors (Lipinski definition) is 2. The van der Waals surface area contributed by atoms with Crippen molar-refractivity contribution in [3.63, 3.8) is 0 Å². The molecule has 0 aliphatic heterocycles. The Balaban J connectivity index is 1.06. The maximum atomic E-state index is 5.13. The van der Waals surface area contributed by atoms with Crippen molar-refractivity contribution >= 4 is 17.1 Å². The van der Waals surface area contributed by atoms with E-state index >= 15 is 0 Å². The molecule has 0 atom stereocenters. The van der Waals surface area contributed by atoms with E-state index in [9.17, 15) is 0 Å². The number of aromatic nitrogens is 2. The standard InChI is InChI=1S/C52H39N3/c1-38-25-27-42(28-26-38)52-37-51(41-15-5-2-6-16-41)53-55(52)46-35-31-40(32-36-46)48-22-12-14-24-50(48)49-23-13-11-21-47(49)39-29-33-45(34-30-39)54(43-17-7-3-8-18-43)44-19-9-4-10-20-44/h2-37H,1H3. The molecule has 3 heteroatoms. The fraction of sp³-hybridized carbons (Fsp3) is 0.0192. The van der Waals surface area contributed by atoms with Gasteiger partial charge in [0.2, 0.25) is 0 Å². The number of para-hydroxylation sites is 2. The van der Waals surface area contributed by atoms with Gasteiger partial charge >= 0.3 is 0 Å². The van der Waals surface area contributed by atoms with Crippen molar-refractivity contribution in [2.75, 3.05) is 4.90 Å². The van der Waals surface area contributed by atoms with Crippen LogP contribution in [-0.4, -0.2) is 9.78 Å². The third-order valence-electron chi connectivity index (χ3n) is 10.2. The number of anilines is 3. The minimum atomic E-state index is 0.947. The Morgan fingerprint density at radius 1 is 0.364 bits per heavy atom. The SMILES string of the molecule is Cc1ccc(-c2cc(-c3ccccc3)nn2-c2ccc(-c3ccccc3-c3ccccc3-c3ccc(N(c4ccccc4)c4ccccc4)cc3)cc2)cc1. The summed E-state index contributed by atoms with van der Waals surface area (Å²) in [6.45, 7) is 2.12. The Morgan fingerprint density at radius 2 is 0.782 bits per heavy atom. The molecule has 0 spiro atoms. The van der Waals surface area contributed by atoms with Crippen LogP contribution in [0.3, 0.4) is 0 Å². The second-order valence-corrected chi connectivity index (χ2v) is 13.8. The van der Waals surface area contributed by atoms with Gasteiger partial charge in [0.25, 0.3) is 0 Å². The number of rotatable bonds is 9. The van der Waals surface area contributed by atoms with Crippen LogP contribution < -0.4 is 4.90 Å². The molecule has 0 aliphatic carbocycles. The van der Waals surface area contributed by atoms with Gasteiger partial charge in [0.1, 0.15) is 0 Å². The van der Waals surface area contributed by atoms with E-state index < -0.39 is 0 Å². The second kappa shape index (κ2) is 15.0. The van der Waals surface area contributed by atoms with Crippen LogP contribution in [0.25, 0.3) is 61.6 Å². The first-order valence-electron chi connectivity index (χ1n) is 18.7. The monoisotopic (exact) mass is 705 g/mol. The highest BCUT2D eigenvalue weighted by Gasteiger charge is 2.17. The Bertz CT molecular complexity index is 2620. The van der Waals surface area contributed by atoms with E-state index in [0.717, 1.165) is 50.8 Å². The smallest absolute Gasteiger partial charge is 0.0934 e. The van der Waals surface area contributed by atoms with Gasteiger partial charge in [-0.2, -0.15) is 5.10 Å². The van der Waals surface area contributed by atoms with Crippen LogP contribution in [0.5, 0.6) is 0 Å². The first-order chi connectivity index (χ1) is 27.2. The summed E-state index contributed by atoms with van der Waals surface area (Å²) in [5, 5.41) is 5.13. The van der Waals surface area contributed by atoms with Gasteiger partial charge in [-0.3, -0.25) is 0 Å². The lowest BCUT2D eigenvalue weighted by Gasteiger charge is -2.25. The normalized spacial score (nSPS) is 11.0. The molecule has 9 aromatic rings. The zero-order valence-electron chi connectivity index (χ0n) is 30.6. The van der Waals surface area contributed by atoms with Gasteiger partial charge in [-0.05, 0) is 94.9 Å². The fourth-order valence-corrected chi connectivity index (χ4v) is 7.37. The van der Waals surface area contributed by atoms with Gasteiger partial charge in [0.05, 0.1) is 17.1 Å². The summed E-state index contributed by atoms with van der Waals surface area (Å²) in [6, 6.07) is 77.5. The molecule has 8 aromatic carbocycles. The van der Waals surface area contributed by atoms with Gasteiger partial charge in [-0.15, -0.1) is 0 Å². The lowest BCUT2D eigenvalue weighted by Crippen LogP contribution is -2.09. The van der Waals surface area contributed by atoms with Crippen LogP contribution in [0.2, 0.25) is 0 Å². The maximum Gasteiger partial charge on any atom is 0.0934 e. The minimum absolute atomic E-state index is 0.947. The van der Waals surface area contributed by atoms with Crippen molar-refractivity contribution in [2.24, 2.45) is 0 Å². The molecule has 55 heavy (non-hydrogen) atoms. The molecule has 0 radical (unpaired) electrons. The van der Waals surface area contributed by atoms with Crippen LogP contribution in [-0.2, 0) is 0 Å². The summed E-state index contributed by atoms with van der Waals surface area (Å²) in [5.74, 6) is 0. The summed E-state index contributed by atoms with van der Waals surface area (Å²) in [4.78, 5) is 2.30. The first-order valence-corrected chi connectivity index (χ1v) is 18.7. The molecule has 0 aliphatic rings. The molecule has 0 unspecified atom stereocenters. The zero-order valence-corrected chi connectivity index (χ0v) is 30.6. The summed E-state index contributed by atoms with van der Waals surface area (Å²) in [7, 11) is 0. The van der Waals surface area contributed by atoms with Crippen LogP contribution in [0, 0.1) is 6.92 Å². The van der Waals surface area contributed by atoms with Crippen molar-refractivity contribution in [3.8, 4) is 61.6 Å². The summed E-state index contributed by atoms with van der Waals surface area (Å²) in [6.07, 6.45) is 0. The molecule has 9 rings (SSSR count). The van der Waals surface area contributed by atoms with Gasteiger partial charge in [-0.25, -0.2) is 4.68 Å². The summed E-state index contributed by atoms with van der Waals surface area (Å²) >= 11 is 0. The summed E-state index contributed by atoms with van der Waals surface area (Å²) in [5.41, 5.74) is 16.9. The molecule has 0 fully saturated rings. The predicted octanol–water partition coefficient (Wildman–Crippen LogP) is 14.0. The molecule has 0 N–H and O–H groups in total. The van der Waals surface area contributed by atoms with Gasteiger partial charge in [0.15, 0.2) is 0 Å². The molecule has 0 saturated carbocycles. The van der Waals surface area contributed by atoms with Crippen LogP contribution >= 0.6 is 0 Å². The van der Waals surface area contributed by atoms with Gasteiger partial charge in [0, 0.05) is 28.2 Å². The molecule has 0 amide bonds. The van der Waals surface area contributed by atoms with E-state index in [4.69, 9.17) is 5.10 Å². The highest BCUT2D eigenvalue weighted by atomic mass is 15.3. The lowest BCUT2D eigenvalue weighted by atomic mass is 9.89. The van der Waals surface area contributed by atoms with Crippen LogP contribution in [0.1, 0.15) is 5.56 Å². The van der Waals surface area contributed by atoms with Crippen molar-refractivity contribution in [3.05, 3.63) is 224 Å². The van der Waals surface area contributed by atoms with E-state index in [2.05, 4.69) is 229 Å². The number of hydrogen-bond donors (Lipinski definition) is 0. The maximum absolute atomic E-state index is 5.13. The molecule has 3 nitrogen and oxygen atoms in total. The molecule has 0 bridgehead atoms. The zero-order chi connectivity index (χ0) is 37.0. The van der Waals surface area contributed by atoms with Crippen molar-refractivity contribution in [1.29, 1.82) is 0 Å². The highest BCUT2D eigenvalue weighted by molar-refractivity contribution is 5.92. The van der Waals surface area contributed by atoms with E-state index in [0.29, 0.717) is 0 Å². The topological polar surface area (TPSA) is 21.1 Å². The van der Waals surface area contributed by atoms with Crippen molar-refractivity contribution in [1.82, 2.24) is 9.78 Å². The molecular formula is C52H39N3. The number of benzene rings is 8. The number of aryl methyl sites for hydroxylation is 1. The van der Waals surface area contributed by atoms with E-state index in [-0.39, 0.29) is 0 Å². The first kappa shape index (κ1) is 33.6. The minimum Gasteiger partial charge on any atom is -0.311 e. The fourth-order valence-electron chi connectivity index (χ4n) is 7.37. The Labute approximate surface area is 323 Å². The average Bonchev–Trinajstić information content (AvgIpc) is 3.71. The van der Waals surface area contributed by atoms with Gasteiger partial charge < -0.3 is 4.90 Å². The molecule has 1 aromatic heterocycles. The van der Waals surface area contributed by atoms with Crippen molar-refractivity contribution in [2.45, 2.75) is 6.92 Å². The predicted molar refractivity (Wildman–Crippen MR) is 230 cm³/mol. The van der Waals surface area contributed by atoms with E-state index in [1.165, 1.54) is 33.4 Å². The molecule has 262 valence electrons. The second-order valence-electron chi connectivity index (χ2n) is 13.8. The van der Waals surface area contributed by atoms with Crippen molar-refractivity contribution < 1.29 is 0 Å². The molecular weight excluding hydrogens is 667 g/mol. The third-order valence-corrected chi connectivity index (χ3v) is 10.2. The van der Waals surface area contributed by atoms with E-state index in [1.54, 1.807) is 0 Å². The highest BCUT2D eigenvalue weighted by Crippen LogP contribution is 2.40. The van der Waals surface area contributed by atoms with E-state index in [1.807, 2.05) is 6.07 Å². The Kier molecular flexibility index (Phi) is 9.17. The van der Waals surface area contributed by atoms with Crippen LogP contribution in [0.15, 0.2) is 218 Å². The molecule has 1 heterocycles.